The Bertz CT molecular complexity index is 817. The summed E-state index contributed by atoms with van der Waals surface area (Å²) in [6.07, 6.45) is 1.96. The van der Waals surface area contributed by atoms with Crippen LogP contribution < -0.4 is 5.32 Å². The summed E-state index contributed by atoms with van der Waals surface area (Å²) in [4.78, 5) is 12.5. The first-order valence-electron chi connectivity index (χ1n) is 7.58. The first-order chi connectivity index (χ1) is 11.1. The maximum Gasteiger partial charge on any atom is 0.270 e. The number of carbonyl (C=O) groups is 1. The van der Waals surface area contributed by atoms with E-state index in [1.807, 2.05) is 73.3 Å². The fraction of sp³-hybridized carbons (Fsp3) is 0.222. The van der Waals surface area contributed by atoms with Crippen LogP contribution in [0.15, 0.2) is 54.7 Å². The standard InChI is InChI=1S/C18H20N4O/c1-13(14-8-5-4-6-9-14)19-18(23)17-12-15(20-22(17)3)16-10-7-11-21(16)2/h4-13H,1-3H3,(H,19,23). The van der Waals surface area contributed by atoms with Gasteiger partial charge in [-0.25, -0.2) is 0 Å². The Hall–Kier alpha value is -2.82. The number of benzene rings is 1. The van der Waals surface area contributed by atoms with Crippen LogP contribution in [0, 0.1) is 0 Å². The normalized spacial score (nSPS) is 12.1. The molecule has 0 aliphatic carbocycles. The van der Waals surface area contributed by atoms with Gasteiger partial charge in [-0.3, -0.25) is 9.48 Å². The Balaban J connectivity index is 1.81. The molecule has 2 heterocycles. The lowest BCUT2D eigenvalue weighted by Crippen LogP contribution is -2.28. The average molecular weight is 308 g/mol. The molecule has 0 aliphatic rings. The van der Waals surface area contributed by atoms with Crippen LogP contribution >= 0.6 is 0 Å². The second kappa shape index (κ2) is 6.12. The van der Waals surface area contributed by atoms with Crippen LogP contribution in [0.1, 0.15) is 29.0 Å². The molecule has 1 aromatic carbocycles. The predicted molar refractivity (Wildman–Crippen MR) is 89.9 cm³/mol. The van der Waals surface area contributed by atoms with Gasteiger partial charge in [-0.05, 0) is 30.7 Å². The number of aromatic nitrogens is 3. The summed E-state index contributed by atoms with van der Waals surface area (Å²) >= 11 is 0. The lowest BCUT2D eigenvalue weighted by molar-refractivity contribution is 0.0930. The van der Waals surface area contributed by atoms with E-state index in [1.165, 1.54) is 0 Å². The van der Waals surface area contributed by atoms with Gasteiger partial charge < -0.3 is 9.88 Å². The quantitative estimate of drug-likeness (QED) is 0.805. The molecule has 5 heteroatoms. The van der Waals surface area contributed by atoms with Crippen LogP contribution in [0.25, 0.3) is 11.4 Å². The smallest absolute Gasteiger partial charge is 0.270 e. The van der Waals surface area contributed by atoms with Crippen LogP contribution in [-0.4, -0.2) is 20.3 Å². The summed E-state index contributed by atoms with van der Waals surface area (Å²) in [6, 6.07) is 15.6. The fourth-order valence-corrected chi connectivity index (χ4v) is 2.63. The van der Waals surface area contributed by atoms with E-state index in [0.717, 1.165) is 17.0 Å². The minimum Gasteiger partial charge on any atom is -0.349 e. The minimum absolute atomic E-state index is 0.0583. The van der Waals surface area contributed by atoms with Crippen LogP contribution in [0.5, 0.6) is 0 Å². The molecule has 3 rings (SSSR count). The van der Waals surface area contributed by atoms with Crippen LogP contribution in [0.2, 0.25) is 0 Å². The van der Waals surface area contributed by atoms with Gasteiger partial charge in [0.2, 0.25) is 0 Å². The molecule has 5 nitrogen and oxygen atoms in total. The largest absolute Gasteiger partial charge is 0.349 e. The van der Waals surface area contributed by atoms with Crippen molar-refractivity contribution >= 4 is 5.91 Å². The van der Waals surface area contributed by atoms with Crippen molar-refractivity contribution in [2.75, 3.05) is 0 Å². The number of aryl methyl sites for hydroxylation is 2. The third kappa shape index (κ3) is 3.04. The zero-order chi connectivity index (χ0) is 16.4. The summed E-state index contributed by atoms with van der Waals surface area (Å²) in [5, 5.41) is 7.47. The minimum atomic E-state index is -0.128. The second-order valence-corrected chi connectivity index (χ2v) is 5.65. The summed E-state index contributed by atoms with van der Waals surface area (Å²) in [6.45, 7) is 1.97. The number of hydrogen-bond acceptors (Lipinski definition) is 2. The van der Waals surface area contributed by atoms with Crippen LogP contribution in [-0.2, 0) is 14.1 Å². The van der Waals surface area contributed by atoms with Crippen molar-refractivity contribution in [3.05, 3.63) is 66.0 Å². The molecule has 1 amide bonds. The zero-order valence-corrected chi connectivity index (χ0v) is 13.5. The molecular weight excluding hydrogens is 288 g/mol. The van der Waals surface area contributed by atoms with Gasteiger partial charge in [0.15, 0.2) is 0 Å². The van der Waals surface area contributed by atoms with Crippen molar-refractivity contribution in [3.8, 4) is 11.4 Å². The van der Waals surface area contributed by atoms with E-state index in [9.17, 15) is 4.79 Å². The Kier molecular flexibility index (Phi) is 4.02. The molecular formula is C18H20N4O. The number of nitrogens with zero attached hydrogens (tertiary/aromatic N) is 3. The number of rotatable bonds is 4. The van der Waals surface area contributed by atoms with Crippen LogP contribution in [0.4, 0.5) is 0 Å². The molecule has 0 aliphatic heterocycles. The van der Waals surface area contributed by atoms with E-state index in [-0.39, 0.29) is 11.9 Å². The Morgan fingerprint density at radius 2 is 1.87 bits per heavy atom. The van der Waals surface area contributed by atoms with Crippen molar-refractivity contribution in [2.24, 2.45) is 14.1 Å². The number of hydrogen-bond donors (Lipinski definition) is 1. The van der Waals surface area contributed by atoms with Crippen molar-refractivity contribution in [2.45, 2.75) is 13.0 Å². The highest BCUT2D eigenvalue weighted by molar-refractivity contribution is 5.93. The summed E-state index contributed by atoms with van der Waals surface area (Å²) in [5.74, 6) is -0.128. The zero-order valence-electron chi connectivity index (χ0n) is 13.5. The van der Waals surface area contributed by atoms with E-state index >= 15 is 0 Å². The van der Waals surface area contributed by atoms with E-state index in [4.69, 9.17) is 0 Å². The topological polar surface area (TPSA) is 51.9 Å². The van der Waals surface area contributed by atoms with Gasteiger partial charge in [0, 0.05) is 20.3 Å². The molecule has 23 heavy (non-hydrogen) atoms. The van der Waals surface area contributed by atoms with Gasteiger partial charge >= 0.3 is 0 Å². The van der Waals surface area contributed by atoms with Gasteiger partial charge in [0.25, 0.3) is 5.91 Å². The lowest BCUT2D eigenvalue weighted by atomic mass is 10.1. The summed E-state index contributed by atoms with van der Waals surface area (Å²) in [7, 11) is 3.75. The molecule has 0 radical (unpaired) electrons. The van der Waals surface area contributed by atoms with Gasteiger partial charge in [0.1, 0.15) is 11.4 Å². The first-order valence-corrected chi connectivity index (χ1v) is 7.58. The van der Waals surface area contributed by atoms with E-state index in [1.54, 1.807) is 11.7 Å². The maximum atomic E-state index is 12.5. The molecule has 0 saturated heterocycles. The third-order valence-electron chi connectivity index (χ3n) is 3.97. The molecule has 3 aromatic rings. The number of nitrogens with one attached hydrogen (secondary N) is 1. The number of amides is 1. The van der Waals surface area contributed by atoms with Gasteiger partial charge in [0.05, 0.1) is 11.7 Å². The van der Waals surface area contributed by atoms with Crippen molar-refractivity contribution < 1.29 is 4.79 Å². The molecule has 0 spiro atoms. The molecule has 1 unspecified atom stereocenters. The van der Waals surface area contributed by atoms with E-state index in [0.29, 0.717) is 5.69 Å². The van der Waals surface area contributed by atoms with Crippen molar-refractivity contribution in [3.63, 3.8) is 0 Å². The first kappa shape index (κ1) is 15.1. The van der Waals surface area contributed by atoms with Gasteiger partial charge in [-0.1, -0.05) is 30.3 Å². The highest BCUT2D eigenvalue weighted by Gasteiger charge is 2.17. The molecule has 0 bridgehead atoms. The molecule has 1 N–H and O–H groups in total. The molecule has 1 atom stereocenters. The highest BCUT2D eigenvalue weighted by atomic mass is 16.2. The Morgan fingerprint density at radius 3 is 2.52 bits per heavy atom. The van der Waals surface area contributed by atoms with E-state index in [2.05, 4.69) is 10.4 Å². The maximum absolute atomic E-state index is 12.5. The van der Waals surface area contributed by atoms with E-state index < -0.39 is 0 Å². The van der Waals surface area contributed by atoms with Crippen LogP contribution in [0.3, 0.4) is 0 Å². The fourth-order valence-electron chi connectivity index (χ4n) is 2.63. The molecule has 118 valence electrons. The predicted octanol–water partition coefficient (Wildman–Crippen LogP) is 2.92. The molecule has 0 fully saturated rings. The summed E-state index contributed by atoms with van der Waals surface area (Å²) < 4.78 is 3.60. The van der Waals surface area contributed by atoms with Gasteiger partial charge in [-0.2, -0.15) is 5.10 Å². The highest BCUT2D eigenvalue weighted by Crippen LogP contribution is 2.19. The monoisotopic (exact) mass is 308 g/mol. The SMILES string of the molecule is CC(NC(=O)c1cc(-c2cccn2C)nn1C)c1ccccc1. The average Bonchev–Trinajstić information content (AvgIpc) is 3.13. The van der Waals surface area contributed by atoms with Crippen molar-refractivity contribution in [1.29, 1.82) is 0 Å². The van der Waals surface area contributed by atoms with Gasteiger partial charge in [-0.15, -0.1) is 0 Å². The lowest BCUT2D eigenvalue weighted by Gasteiger charge is -2.14. The third-order valence-corrected chi connectivity index (χ3v) is 3.97. The Morgan fingerprint density at radius 1 is 1.13 bits per heavy atom. The number of carbonyl (C=O) groups excluding carboxylic acids is 1. The Labute approximate surface area is 135 Å². The van der Waals surface area contributed by atoms with Crippen molar-refractivity contribution in [1.82, 2.24) is 19.7 Å². The summed E-state index contributed by atoms with van der Waals surface area (Å²) in [5.41, 5.74) is 3.39. The second-order valence-electron chi connectivity index (χ2n) is 5.65. The molecule has 0 saturated carbocycles. The molecule has 2 aromatic heterocycles.